The molecule has 0 atom stereocenters. The molecule has 2 aromatic heterocycles. The predicted molar refractivity (Wildman–Crippen MR) is 118 cm³/mol. The van der Waals surface area contributed by atoms with E-state index < -0.39 is 0 Å². The average molecular weight is 416 g/mol. The number of rotatable bonds is 7. The second-order valence-electron chi connectivity index (χ2n) is 6.92. The van der Waals surface area contributed by atoms with Crippen LogP contribution in [-0.2, 0) is 6.42 Å². The largest absolute Gasteiger partial charge is 0.495 e. The quantitative estimate of drug-likeness (QED) is 0.472. The number of aromatic nitrogens is 3. The van der Waals surface area contributed by atoms with Crippen molar-refractivity contribution in [2.24, 2.45) is 0 Å². The SMILES string of the molecule is COc1c(C(=O)NCCc2ccncc2)ccc2[nH]nc(C=Cc3ccc(F)cc3)c12. The number of H-pyrrole nitrogens is 1. The normalized spacial score (nSPS) is 11.2. The number of pyridine rings is 1. The van der Waals surface area contributed by atoms with Crippen LogP contribution >= 0.6 is 0 Å². The fraction of sp³-hybridized carbons (Fsp3) is 0.125. The molecule has 6 nitrogen and oxygen atoms in total. The molecule has 156 valence electrons. The van der Waals surface area contributed by atoms with E-state index in [0.29, 0.717) is 35.4 Å². The second kappa shape index (κ2) is 9.21. The molecule has 31 heavy (non-hydrogen) atoms. The lowest BCUT2D eigenvalue weighted by Gasteiger charge is -2.11. The summed E-state index contributed by atoms with van der Waals surface area (Å²) >= 11 is 0. The van der Waals surface area contributed by atoms with Gasteiger partial charge in [-0.2, -0.15) is 5.10 Å². The van der Waals surface area contributed by atoms with Crippen molar-refractivity contribution in [1.82, 2.24) is 20.5 Å². The van der Waals surface area contributed by atoms with Crippen molar-refractivity contribution in [3.63, 3.8) is 0 Å². The molecule has 2 N–H and O–H groups in total. The molecule has 0 spiro atoms. The Morgan fingerprint density at radius 1 is 1.10 bits per heavy atom. The maximum absolute atomic E-state index is 13.1. The van der Waals surface area contributed by atoms with Gasteiger partial charge in [-0.05, 0) is 60.0 Å². The molecule has 0 radical (unpaired) electrons. The van der Waals surface area contributed by atoms with Crippen LogP contribution in [0.5, 0.6) is 5.75 Å². The summed E-state index contributed by atoms with van der Waals surface area (Å²) in [6.07, 6.45) is 7.80. The Balaban J connectivity index is 1.57. The van der Waals surface area contributed by atoms with Crippen molar-refractivity contribution in [3.8, 4) is 5.75 Å². The van der Waals surface area contributed by atoms with E-state index in [1.54, 1.807) is 42.7 Å². The van der Waals surface area contributed by atoms with Crippen LogP contribution in [0.15, 0.2) is 60.9 Å². The van der Waals surface area contributed by atoms with Gasteiger partial charge in [-0.25, -0.2) is 4.39 Å². The summed E-state index contributed by atoms with van der Waals surface area (Å²) in [5.74, 6) is -0.0579. The summed E-state index contributed by atoms with van der Waals surface area (Å²) in [4.78, 5) is 16.8. The maximum atomic E-state index is 13.1. The highest BCUT2D eigenvalue weighted by atomic mass is 19.1. The molecule has 0 unspecified atom stereocenters. The van der Waals surface area contributed by atoms with Crippen molar-refractivity contribution in [2.45, 2.75) is 6.42 Å². The first-order valence-electron chi connectivity index (χ1n) is 9.81. The van der Waals surface area contributed by atoms with Crippen LogP contribution in [0.25, 0.3) is 23.1 Å². The molecule has 0 saturated carbocycles. The number of halogens is 1. The number of ether oxygens (including phenoxy) is 1. The molecule has 2 aromatic carbocycles. The van der Waals surface area contributed by atoms with Gasteiger partial charge in [-0.15, -0.1) is 0 Å². The molecule has 0 aliphatic heterocycles. The minimum absolute atomic E-state index is 0.220. The smallest absolute Gasteiger partial charge is 0.255 e. The highest BCUT2D eigenvalue weighted by Gasteiger charge is 2.18. The van der Waals surface area contributed by atoms with E-state index in [2.05, 4.69) is 20.5 Å². The molecular weight excluding hydrogens is 395 g/mol. The monoisotopic (exact) mass is 416 g/mol. The average Bonchev–Trinajstić information content (AvgIpc) is 3.22. The number of amides is 1. The summed E-state index contributed by atoms with van der Waals surface area (Å²) in [6, 6.07) is 13.5. The lowest BCUT2D eigenvalue weighted by atomic mass is 10.1. The van der Waals surface area contributed by atoms with Crippen LogP contribution in [0.2, 0.25) is 0 Å². The van der Waals surface area contributed by atoms with Crippen molar-refractivity contribution in [3.05, 3.63) is 89.1 Å². The highest BCUT2D eigenvalue weighted by Crippen LogP contribution is 2.32. The number of hydrogen-bond acceptors (Lipinski definition) is 4. The third-order valence-electron chi connectivity index (χ3n) is 4.91. The first kappa shape index (κ1) is 20.3. The molecule has 0 aliphatic rings. The summed E-state index contributed by atoms with van der Waals surface area (Å²) in [5.41, 5.74) is 3.75. The number of hydrogen-bond donors (Lipinski definition) is 2. The molecule has 1 amide bonds. The standard InChI is InChI=1S/C24H21FN4O2/c1-31-23-19(24(30)27-15-12-17-10-13-26-14-11-17)7-9-21-22(23)20(28-29-21)8-4-16-2-5-18(25)6-3-16/h2-11,13-14H,12,15H2,1H3,(H,27,30)(H,28,29). The van der Waals surface area contributed by atoms with Gasteiger partial charge >= 0.3 is 0 Å². The van der Waals surface area contributed by atoms with Crippen LogP contribution in [0.1, 0.15) is 27.2 Å². The fourth-order valence-electron chi connectivity index (χ4n) is 3.33. The van der Waals surface area contributed by atoms with E-state index in [0.717, 1.165) is 16.6 Å². The Morgan fingerprint density at radius 3 is 2.61 bits per heavy atom. The summed E-state index contributed by atoms with van der Waals surface area (Å²) in [6.45, 7) is 0.493. The van der Waals surface area contributed by atoms with E-state index >= 15 is 0 Å². The number of nitrogens with one attached hydrogen (secondary N) is 2. The Kier molecular flexibility index (Phi) is 6.03. The molecule has 4 rings (SSSR count). The molecule has 2 heterocycles. The zero-order valence-corrected chi connectivity index (χ0v) is 16.9. The van der Waals surface area contributed by atoms with Crippen LogP contribution in [0.4, 0.5) is 4.39 Å². The third-order valence-corrected chi connectivity index (χ3v) is 4.91. The molecule has 0 saturated heterocycles. The minimum Gasteiger partial charge on any atom is -0.495 e. The van der Waals surface area contributed by atoms with Gasteiger partial charge in [0.2, 0.25) is 0 Å². The van der Waals surface area contributed by atoms with Crippen LogP contribution < -0.4 is 10.1 Å². The van der Waals surface area contributed by atoms with E-state index in [-0.39, 0.29) is 11.7 Å². The van der Waals surface area contributed by atoms with E-state index in [4.69, 9.17) is 4.74 Å². The molecule has 4 aromatic rings. The predicted octanol–water partition coefficient (Wildman–Crippen LogP) is 4.25. The summed E-state index contributed by atoms with van der Waals surface area (Å²) < 4.78 is 18.7. The molecule has 0 fully saturated rings. The van der Waals surface area contributed by atoms with Gasteiger partial charge in [-0.1, -0.05) is 18.2 Å². The second-order valence-corrected chi connectivity index (χ2v) is 6.92. The van der Waals surface area contributed by atoms with E-state index in [1.165, 1.54) is 19.2 Å². The van der Waals surface area contributed by atoms with Gasteiger partial charge in [0.15, 0.2) is 0 Å². The summed E-state index contributed by atoms with van der Waals surface area (Å²) in [5, 5.41) is 10.9. The first-order chi connectivity index (χ1) is 15.2. The number of carbonyl (C=O) groups excluding carboxylic acids is 1. The minimum atomic E-state index is -0.288. The zero-order chi connectivity index (χ0) is 21.6. The van der Waals surface area contributed by atoms with Gasteiger partial charge in [-0.3, -0.25) is 14.9 Å². The molecule has 7 heteroatoms. The van der Waals surface area contributed by atoms with Gasteiger partial charge in [0, 0.05) is 18.9 Å². The first-order valence-corrected chi connectivity index (χ1v) is 9.81. The van der Waals surface area contributed by atoms with Crippen LogP contribution in [0.3, 0.4) is 0 Å². The van der Waals surface area contributed by atoms with E-state index in [1.807, 2.05) is 18.2 Å². The Labute approximate surface area is 178 Å². The number of fused-ring (bicyclic) bond motifs is 1. The van der Waals surface area contributed by atoms with Crippen molar-refractivity contribution >= 4 is 29.0 Å². The fourth-order valence-corrected chi connectivity index (χ4v) is 3.33. The highest BCUT2D eigenvalue weighted by molar-refractivity contribution is 6.05. The lowest BCUT2D eigenvalue weighted by molar-refractivity contribution is 0.0951. The Bertz CT molecular complexity index is 1220. The molecular formula is C24H21FN4O2. The topological polar surface area (TPSA) is 79.9 Å². The van der Waals surface area contributed by atoms with Gasteiger partial charge < -0.3 is 10.1 Å². The van der Waals surface area contributed by atoms with Crippen LogP contribution in [0, 0.1) is 5.82 Å². The van der Waals surface area contributed by atoms with Crippen molar-refractivity contribution in [1.29, 1.82) is 0 Å². The zero-order valence-electron chi connectivity index (χ0n) is 16.9. The lowest BCUT2D eigenvalue weighted by Crippen LogP contribution is -2.26. The van der Waals surface area contributed by atoms with Gasteiger partial charge in [0.25, 0.3) is 5.91 Å². The van der Waals surface area contributed by atoms with E-state index in [9.17, 15) is 9.18 Å². The molecule has 0 bridgehead atoms. The molecule has 0 aliphatic carbocycles. The van der Waals surface area contributed by atoms with Gasteiger partial charge in [0.05, 0.1) is 29.3 Å². The van der Waals surface area contributed by atoms with Crippen molar-refractivity contribution in [2.75, 3.05) is 13.7 Å². The number of nitrogens with zero attached hydrogens (tertiary/aromatic N) is 2. The Hall–Kier alpha value is -4.00. The number of methoxy groups -OCH3 is 1. The summed E-state index contributed by atoms with van der Waals surface area (Å²) in [7, 11) is 1.53. The van der Waals surface area contributed by atoms with Gasteiger partial charge in [0.1, 0.15) is 11.6 Å². The number of carbonyl (C=O) groups is 1. The maximum Gasteiger partial charge on any atom is 0.255 e. The van der Waals surface area contributed by atoms with Crippen LogP contribution in [-0.4, -0.2) is 34.7 Å². The van der Waals surface area contributed by atoms with Crippen molar-refractivity contribution < 1.29 is 13.9 Å². The number of aromatic amines is 1. The third kappa shape index (κ3) is 4.61. The Morgan fingerprint density at radius 2 is 1.87 bits per heavy atom. The number of benzene rings is 2.